The molecule has 4 nitrogen and oxygen atoms in total. The number of amides is 1. The summed E-state index contributed by atoms with van der Waals surface area (Å²) in [5, 5.41) is 6.63. The number of halogens is 8. The predicted molar refractivity (Wildman–Crippen MR) is 108 cm³/mol. The molecule has 0 aromatic heterocycles. The van der Waals surface area contributed by atoms with Gasteiger partial charge in [-0.3, -0.25) is 9.80 Å². The minimum Gasteiger partial charge on any atom is -0.343 e. The number of benzene rings is 2. The first kappa shape index (κ1) is 24.2. The Labute approximate surface area is 188 Å². The molecule has 0 saturated heterocycles. The Morgan fingerprint density at radius 2 is 1.62 bits per heavy atom. The molecule has 1 atom stereocenters. The van der Waals surface area contributed by atoms with Gasteiger partial charge < -0.3 is 5.32 Å². The fourth-order valence-corrected chi connectivity index (χ4v) is 3.97. The Kier molecular flexibility index (Phi) is 6.41. The molecule has 0 radical (unpaired) electrons. The molecule has 1 N–H and O–H groups in total. The van der Waals surface area contributed by atoms with Crippen molar-refractivity contribution in [3.05, 3.63) is 69.2 Å². The highest BCUT2D eigenvalue weighted by molar-refractivity contribution is 6.34. The minimum absolute atomic E-state index is 0.0344. The van der Waals surface area contributed by atoms with E-state index in [2.05, 4.69) is 5.10 Å². The molecular weight excluding hydrogens is 483 g/mol. The number of rotatable bonds is 4. The molecule has 1 unspecified atom stereocenters. The number of carbonyl (C=O) groups excluding carboxylic acids is 1. The highest BCUT2D eigenvalue weighted by Gasteiger charge is 2.62. The Bertz CT molecular complexity index is 1030. The highest BCUT2D eigenvalue weighted by Crippen LogP contribution is 2.50. The van der Waals surface area contributed by atoms with Crippen molar-refractivity contribution in [2.75, 3.05) is 13.6 Å². The maximum absolute atomic E-state index is 14.3. The van der Waals surface area contributed by atoms with Gasteiger partial charge in [-0.25, -0.2) is 0 Å². The van der Waals surface area contributed by atoms with Crippen LogP contribution < -0.4 is 5.32 Å². The van der Waals surface area contributed by atoms with Crippen LogP contribution in [0.2, 0.25) is 10.0 Å². The fraction of sp³-hybridized carbons (Fsp3) is 0.300. The van der Waals surface area contributed by atoms with E-state index in [0.717, 1.165) is 5.01 Å². The number of alkyl halides is 6. The highest BCUT2D eigenvalue weighted by atomic mass is 35.5. The lowest BCUT2D eigenvalue weighted by Gasteiger charge is -2.37. The van der Waals surface area contributed by atoms with Gasteiger partial charge >= 0.3 is 12.4 Å². The molecule has 1 heterocycles. The molecule has 172 valence electrons. The first-order valence-electron chi connectivity index (χ1n) is 9.03. The lowest BCUT2D eigenvalue weighted by Crippen LogP contribution is -2.50. The van der Waals surface area contributed by atoms with Crippen LogP contribution >= 0.6 is 23.2 Å². The summed E-state index contributed by atoms with van der Waals surface area (Å²) in [5.41, 5.74) is -2.44. The van der Waals surface area contributed by atoms with Crippen LogP contribution in [-0.4, -0.2) is 42.6 Å². The van der Waals surface area contributed by atoms with Crippen LogP contribution in [0.4, 0.5) is 26.3 Å². The second-order valence-corrected chi connectivity index (χ2v) is 8.01. The lowest BCUT2D eigenvalue weighted by molar-refractivity contribution is -0.227. The second kappa shape index (κ2) is 8.47. The van der Waals surface area contributed by atoms with Gasteiger partial charge in [0.2, 0.25) is 0 Å². The molecule has 0 saturated carbocycles. The maximum atomic E-state index is 14.3. The number of carbonyl (C=O) groups is 1. The van der Waals surface area contributed by atoms with Crippen molar-refractivity contribution in [2.24, 2.45) is 5.10 Å². The topological polar surface area (TPSA) is 44.7 Å². The Morgan fingerprint density at radius 3 is 2.12 bits per heavy atom. The zero-order valence-corrected chi connectivity index (χ0v) is 17.8. The van der Waals surface area contributed by atoms with Gasteiger partial charge in [0.25, 0.3) is 5.91 Å². The lowest BCUT2D eigenvalue weighted by atomic mass is 9.83. The third-order valence-electron chi connectivity index (χ3n) is 4.99. The number of hydrogen-bond acceptors (Lipinski definition) is 3. The van der Waals surface area contributed by atoms with Crippen molar-refractivity contribution in [1.29, 1.82) is 0 Å². The van der Waals surface area contributed by atoms with Crippen molar-refractivity contribution in [3.63, 3.8) is 0 Å². The molecule has 1 aliphatic heterocycles. The molecule has 0 fully saturated rings. The molecule has 0 spiro atoms. The standard InChI is InChI=1S/C20H15Cl2F6N3O/c1-31-18(20(26,27)28,13-6-14(21)8-15(22)7-13)9-16(30-31)11-2-4-12(5-3-11)17(32)29-10-19(23,24)25/h2-8H,9-10H2,1H3,(H,29,32). The van der Waals surface area contributed by atoms with Crippen LogP contribution in [0.15, 0.2) is 47.6 Å². The summed E-state index contributed by atoms with van der Waals surface area (Å²) in [5.74, 6) is -0.961. The fourth-order valence-electron chi connectivity index (χ4n) is 3.44. The Balaban J connectivity index is 1.89. The zero-order valence-electron chi connectivity index (χ0n) is 16.3. The third-order valence-corrected chi connectivity index (χ3v) is 5.42. The van der Waals surface area contributed by atoms with E-state index in [1.165, 1.54) is 49.5 Å². The zero-order chi connectivity index (χ0) is 23.9. The van der Waals surface area contributed by atoms with Crippen LogP contribution in [0, 0.1) is 0 Å². The van der Waals surface area contributed by atoms with E-state index in [1.54, 1.807) is 5.32 Å². The van der Waals surface area contributed by atoms with Gasteiger partial charge in [0.05, 0.1) is 5.71 Å². The van der Waals surface area contributed by atoms with E-state index in [-0.39, 0.29) is 32.4 Å². The van der Waals surface area contributed by atoms with Crippen LogP contribution in [0.1, 0.15) is 27.9 Å². The first-order chi connectivity index (χ1) is 14.7. The second-order valence-electron chi connectivity index (χ2n) is 7.14. The SMILES string of the molecule is CN1N=C(c2ccc(C(=O)NCC(F)(F)F)cc2)CC1(c1cc(Cl)cc(Cl)c1)C(F)(F)F. The van der Waals surface area contributed by atoms with Crippen LogP contribution in [-0.2, 0) is 5.54 Å². The molecule has 32 heavy (non-hydrogen) atoms. The van der Waals surface area contributed by atoms with Crippen LogP contribution in [0.5, 0.6) is 0 Å². The number of nitrogens with zero attached hydrogens (tertiary/aromatic N) is 2. The van der Waals surface area contributed by atoms with Crippen LogP contribution in [0.25, 0.3) is 0 Å². The third kappa shape index (κ3) is 4.80. The molecule has 2 aromatic carbocycles. The van der Waals surface area contributed by atoms with Gasteiger partial charge in [-0.2, -0.15) is 31.4 Å². The summed E-state index contributed by atoms with van der Waals surface area (Å²) in [6, 6.07) is 8.74. The number of hydrazone groups is 1. The van der Waals surface area contributed by atoms with E-state index in [9.17, 15) is 31.1 Å². The summed E-state index contributed by atoms with van der Waals surface area (Å²) >= 11 is 11.9. The maximum Gasteiger partial charge on any atom is 0.417 e. The number of hydrogen-bond donors (Lipinski definition) is 1. The Hall–Kier alpha value is -2.46. The van der Waals surface area contributed by atoms with E-state index in [1.807, 2.05) is 0 Å². The first-order valence-corrected chi connectivity index (χ1v) is 9.78. The van der Waals surface area contributed by atoms with E-state index < -0.39 is 36.8 Å². The summed E-state index contributed by atoms with van der Waals surface area (Å²) in [6.45, 7) is -1.50. The van der Waals surface area contributed by atoms with Gasteiger partial charge in [0.15, 0.2) is 5.54 Å². The van der Waals surface area contributed by atoms with Crippen LogP contribution in [0.3, 0.4) is 0 Å². The van der Waals surface area contributed by atoms with Gasteiger partial charge in [-0.05, 0) is 41.5 Å². The molecule has 1 amide bonds. The van der Waals surface area contributed by atoms with E-state index in [0.29, 0.717) is 0 Å². The van der Waals surface area contributed by atoms with Gasteiger partial charge in [-0.1, -0.05) is 35.3 Å². The smallest absolute Gasteiger partial charge is 0.343 e. The van der Waals surface area contributed by atoms with Gasteiger partial charge in [0, 0.05) is 29.1 Å². The predicted octanol–water partition coefficient (Wildman–Crippen LogP) is 5.78. The molecule has 1 aliphatic rings. The summed E-state index contributed by atoms with van der Waals surface area (Å²) in [6.07, 6.45) is -9.88. The number of nitrogens with one attached hydrogen (secondary N) is 1. The quantitative estimate of drug-likeness (QED) is 0.544. The van der Waals surface area contributed by atoms with Crippen molar-refractivity contribution in [1.82, 2.24) is 10.3 Å². The van der Waals surface area contributed by atoms with E-state index >= 15 is 0 Å². The minimum atomic E-state index is -4.75. The van der Waals surface area contributed by atoms with Gasteiger partial charge in [0.1, 0.15) is 6.54 Å². The summed E-state index contributed by atoms with van der Waals surface area (Å²) in [7, 11) is 1.17. The molecule has 2 aromatic rings. The van der Waals surface area contributed by atoms with E-state index in [4.69, 9.17) is 23.2 Å². The normalized spacial score (nSPS) is 19.2. The molecule has 0 aliphatic carbocycles. The molecular formula is C20H15Cl2F6N3O. The molecule has 12 heteroatoms. The monoisotopic (exact) mass is 497 g/mol. The summed E-state index contributed by atoms with van der Waals surface area (Å²) in [4.78, 5) is 11.8. The average Bonchev–Trinajstić information content (AvgIpc) is 3.03. The largest absolute Gasteiger partial charge is 0.417 e. The molecule has 0 bridgehead atoms. The summed E-state index contributed by atoms with van der Waals surface area (Å²) < 4.78 is 79.7. The van der Waals surface area contributed by atoms with Gasteiger partial charge in [-0.15, -0.1) is 0 Å². The average molecular weight is 498 g/mol. The van der Waals surface area contributed by atoms with Crippen molar-refractivity contribution in [2.45, 2.75) is 24.3 Å². The van der Waals surface area contributed by atoms with Crippen molar-refractivity contribution < 1.29 is 31.1 Å². The van der Waals surface area contributed by atoms with Crippen molar-refractivity contribution in [3.8, 4) is 0 Å². The Morgan fingerprint density at radius 1 is 1.06 bits per heavy atom. The molecule has 3 rings (SSSR count). The van der Waals surface area contributed by atoms with Crippen molar-refractivity contribution >= 4 is 34.8 Å².